The van der Waals surface area contributed by atoms with Crippen molar-refractivity contribution in [1.29, 1.82) is 0 Å². The number of aromatic nitrogens is 1. The standard InChI is InChI=1S/C14H16ClNO4/c1-8(15)14-16-7-11(20-14)9-5-6-10(17-2)13(19-4)12(9)18-3/h5-8H,1-4H3. The van der Waals surface area contributed by atoms with E-state index in [-0.39, 0.29) is 5.38 Å². The second kappa shape index (κ2) is 6.05. The maximum atomic E-state index is 5.95. The Kier molecular flexibility index (Phi) is 4.39. The number of oxazole rings is 1. The molecule has 0 bridgehead atoms. The van der Waals surface area contributed by atoms with E-state index in [0.29, 0.717) is 28.9 Å². The number of hydrogen-bond donors (Lipinski definition) is 0. The summed E-state index contributed by atoms with van der Waals surface area (Å²) in [5, 5.41) is -0.296. The van der Waals surface area contributed by atoms with Gasteiger partial charge in [0.1, 0.15) is 5.38 Å². The van der Waals surface area contributed by atoms with E-state index in [1.807, 2.05) is 6.07 Å². The van der Waals surface area contributed by atoms with Crippen LogP contribution in [0.2, 0.25) is 0 Å². The molecular weight excluding hydrogens is 282 g/mol. The normalized spacial score (nSPS) is 12.1. The van der Waals surface area contributed by atoms with Gasteiger partial charge in [0.15, 0.2) is 17.3 Å². The van der Waals surface area contributed by atoms with Crippen LogP contribution in [0.1, 0.15) is 18.2 Å². The van der Waals surface area contributed by atoms with Crippen LogP contribution in [0.4, 0.5) is 0 Å². The zero-order valence-electron chi connectivity index (χ0n) is 11.8. The maximum absolute atomic E-state index is 5.95. The second-order valence-electron chi connectivity index (χ2n) is 4.06. The first-order chi connectivity index (χ1) is 9.62. The SMILES string of the molecule is COc1ccc(-c2cnc(C(C)Cl)o2)c(OC)c1OC. The molecule has 0 amide bonds. The summed E-state index contributed by atoms with van der Waals surface area (Å²) in [7, 11) is 4.68. The van der Waals surface area contributed by atoms with Crippen LogP contribution < -0.4 is 14.2 Å². The molecule has 2 aromatic rings. The van der Waals surface area contributed by atoms with Crippen LogP contribution in [0.3, 0.4) is 0 Å². The van der Waals surface area contributed by atoms with Crippen molar-refractivity contribution in [1.82, 2.24) is 4.98 Å². The largest absolute Gasteiger partial charge is 0.493 e. The summed E-state index contributed by atoms with van der Waals surface area (Å²) < 4.78 is 21.6. The van der Waals surface area contributed by atoms with Crippen LogP contribution in [0, 0.1) is 0 Å². The summed E-state index contributed by atoms with van der Waals surface area (Å²) in [6.07, 6.45) is 1.61. The van der Waals surface area contributed by atoms with Gasteiger partial charge in [-0.3, -0.25) is 0 Å². The van der Waals surface area contributed by atoms with Crippen molar-refractivity contribution in [3.63, 3.8) is 0 Å². The van der Waals surface area contributed by atoms with E-state index >= 15 is 0 Å². The molecule has 0 aliphatic carbocycles. The summed E-state index contributed by atoms with van der Waals surface area (Å²) >= 11 is 5.95. The molecule has 108 valence electrons. The van der Waals surface area contributed by atoms with Gasteiger partial charge in [-0.05, 0) is 19.1 Å². The fraction of sp³-hybridized carbons (Fsp3) is 0.357. The van der Waals surface area contributed by atoms with E-state index in [4.69, 9.17) is 30.2 Å². The molecule has 1 aromatic carbocycles. The van der Waals surface area contributed by atoms with E-state index in [9.17, 15) is 0 Å². The number of methoxy groups -OCH3 is 3. The Morgan fingerprint density at radius 1 is 1.10 bits per heavy atom. The lowest BCUT2D eigenvalue weighted by Crippen LogP contribution is -1.96. The molecule has 2 rings (SSSR count). The Balaban J connectivity index is 2.55. The van der Waals surface area contributed by atoms with Gasteiger partial charge in [-0.25, -0.2) is 4.98 Å². The highest BCUT2D eigenvalue weighted by atomic mass is 35.5. The number of halogens is 1. The predicted octanol–water partition coefficient (Wildman–Crippen LogP) is 3.67. The zero-order chi connectivity index (χ0) is 14.7. The van der Waals surface area contributed by atoms with Gasteiger partial charge in [0, 0.05) is 0 Å². The van der Waals surface area contributed by atoms with E-state index in [2.05, 4.69) is 4.98 Å². The summed E-state index contributed by atoms with van der Waals surface area (Å²) in [5.41, 5.74) is 0.723. The van der Waals surface area contributed by atoms with Gasteiger partial charge in [0.2, 0.25) is 11.6 Å². The van der Waals surface area contributed by atoms with Gasteiger partial charge in [-0.15, -0.1) is 11.6 Å². The third-order valence-electron chi connectivity index (χ3n) is 2.83. The third-order valence-corrected chi connectivity index (χ3v) is 3.02. The van der Waals surface area contributed by atoms with Gasteiger partial charge in [0.25, 0.3) is 0 Å². The van der Waals surface area contributed by atoms with E-state index in [1.54, 1.807) is 40.5 Å². The van der Waals surface area contributed by atoms with Crippen molar-refractivity contribution in [3.05, 3.63) is 24.2 Å². The Bertz CT molecular complexity index is 595. The molecule has 5 nitrogen and oxygen atoms in total. The lowest BCUT2D eigenvalue weighted by molar-refractivity contribution is 0.324. The molecule has 0 N–H and O–H groups in total. The lowest BCUT2D eigenvalue weighted by atomic mass is 10.1. The first kappa shape index (κ1) is 14.5. The monoisotopic (exact) mass is 297 g/mol. The van der Waals surface area contributed by atoms with E-state index in [0.717, 1.165) is 5.56 Å². The summed E-state index contributed by atoms with van der Waals surface area (Å²) in [4.78, 5) is 4.14. The summed E-state index contributed by atoms with van der Waals surface area (Å²) in [6, 6.07) is 3.60. The molecule has 0 aliphatic rings. The molecule has 0 saturated carbocycles. The van der Waals surface area contributed by atoms with Gasteiger partial charge >= 0.3 is 0 Å². The number of nitrogens with zero attached hydrogens (tertiary/aromatic N) is 1. The maximum Gasteiger partial charge on any atom is 0.212 e. The molecule has 0 radical (unpaired) electrons. The number of ether oxygens (including phenoxy) is 3. The molecule has 20 heavy (non-hydrogen) atoms. The van der Waals surface area contributed by atoms with Crippen molar-refractivity contribution in [3.8, 4) is 28.6 Å². The van der Waals surface area contributed by atoms with Crippen molar-refractivity contribution >= 4 is 11.6 Å². The molecular formula is C14H16ClNO4. The Hall–Kier alpha value is -1.88. The molecule has 1 aromatic heterocycles. The first-order valence-electron chi connectivity index (χ1n) is 6.01. The van der Waals surface area contributed by atoms with Crippen LogP contribution in [0.25, 0.3) is 11.3 Å². The molecule has 1 atom stereocenters. The van der Waals surface area contributed by atoms with Crippen molar-refractivity contribution in [2.45, 2.75) is 12.3 Å². The minimum atomic E-state index is -0.296. The van der Waals surface area contributed by atoms with Crippen LogP contribution in [-0.4, -0.2) is 26.3 Å². The molecule has 0 saturated heterocycles. The minimum absolute atomic E-state index is 0.296. The molecule has 1 heterocycles. The number of hydrogen-bond acceptors (Lipinski definition) is 5. The number of benzene rings is 1. The number of alkyl halides is 1. The highest BCUT2D eigenvalue weighted by Crippen LogP contribution is 2.44. The average Bonchev–Trinajstić information content (AvgIpc) is 2.95. The molecule has 0 fully saturated rings. The Morgan fingerprint density at radius 3 is 2.30 bits per heavy atom. The topological polar surface area (TPSA) is 53.7 Å². The first-order valence-corrected chi connectivity index (χ1v) is 6.45. The van der Waals surface area contributed by atoms with Crippen molar-refractivity contribution < 1.29 is 18.6 Å². The fourth-order valence-electron chi connectivity index (χ4n) is 1.89. The van der Waals surface area contributed by atoms with Crippen LogP contribution in [0.5, 0.6) is 17.2 Å². The molecule has 0 spiro atoms. The van der Waals surface area contributed by atoms with Crippen LogP contribution in [0.15, 0.2) is 22.7 Å². The molecule has 1 unspecified atom stereocenters. The fourth-order valence-corrected chi connectivity index (χ4v) is 1.99. The third kappa shape index (κ3) is 2.54. The quantitative estimate of drug-likeness (QED) is 0.788. The second-order valence-corrected chi connectivity index (χ2v) is 4.72. The van der Waals surface area contributed by atoms with Crippen molar-refractivity contribution in [2.75, 3.05) is 21.3 Å². The average molecular weight is 298 g/mol. The number of rotatable bonds is 5. The summed E-state index contributed by atoms with van der Waals surface area (Å²) in [6.45, 7) is 1.79. The lowest BCUT2D eigenvalue weighted by Gasteiger charge is -2.14. The van der Waals surface area contributed by atoms with Gasteiger partial charge < -0.3 is 18.6 Å². The highest BCUT2D eigenvalue weighted by molar-refractivity contribution is 6.20. The van der Waals surface area contributed by atoms with Gasteiger partial charge in [-0.2, -0.15) is 0 Å². The molecule has 6 heteroatoms. The predicted molar refractivity (Wildman–Crippen MR) is 75.9 cm³/mol. The molecule has 0 aliphatic heterocycles. The Morgan fingerprint density at radius 2 is 1.80 bits per heavy atom. The Labute approximate surface area is 122 Å². The van der Waals surface area contributed by atoms with Crippen LogP contribution >= 0.6 is 11.6 Å². The van der Waals surface area contributed by atoms with Crippen LogP contribution in [-0.2, 0) is 0 Å². The van der Waals surface area contributed by atoms with Gasteiger partial charge in [-0.1, -0.05) is 0 Å². The smallest absolute Gasteiger partial charge is 0.212 e. The minimum Gasteiger partial charge on any atom is -0.493 e. The van der Waals surface area contributed by atoms with E-state index in [1.165, 1.54) is 0 Å². The van der Waals surface area contributed by atoms with Gasteiger partial charge in [0.05, 0.1) is 33.1 Å². The summed E-state index contributed by atoms with van der Waals surface area (Å²) in [5.74, 6) is 2.63. The van der Waals surface area contributed by atoms with Crippen molar-refractivity contribution in [2.24, 2.45) is 0 Å². The zero-order valence-corrected chi connectivity index (χ0v) is 12.5. The highest BCUT2D eigenvalue weighted by Gasteiger charge is 2.20. The van der Waals surface area contributed by atoms with E-state index < -0.39 is 0 Å².